The fraction of sp³-hybridized carbons (Fsp3) is 0.688. The number of pyridine rings is 1. The molecular weight excluding hydrogens is 234 g/mol. The molecule has 1 saturated heterocycles. The van der Waals surface area contributed by atoms with E-state index >= 15 is 0 Å². The Labute approximate surface area is 117 Å². The summed E-state index contributed by atoms with van der Waals surface area (Å²) in [6.07, 6.45) is 7.72. The monoisotopic (exact) mass is 261 g/mol. The maximum atomic E-state index is 4.06. The molecule has 0 aliphatic carbocycles. The van der Waals surface area contributed by atoms with E-state index < -0.39 is 0 Å². The van der Waals surface area contributed by atoms with Crippen molar-refractivity contribution < 1.29 is 0 Å². The minimum atomic E-state index is 0.591. The Morgan fingerprint density at radius 1 is 1.42 bits per heavy atom. The third-order valence-corrected chi connectivity index (χ3v) is 4.17. The molecule has 0 saturated carbocycles. The molecule has 1 fully saturated rings. The lowest BCUT2D eigenvalue weighted by Gasteiger charge is -2.36. The van der Waals surface area contributed by atoms with Crippen molar-refractivity contribution in [1.82, 2.24) is 15.2 Å². The van der Waals surface area contributed by atoms with Crippen LogP contribution in [-0.2, 0) is 6.54 Å². The molecule has 1 aromatic heterocycles. The van der Waals surface area contributed by atoms with Gasteiger partial charge in [-0.3, -0.25) is 4.98 Å². The minimum absolute atomic E-state index is 0.591. The molecule has 1 N–H and O–H groups in total. The number of piperidine rings is 1. The molecule has 2 atom stereocenters. The van der Waals surface area contributed by atoms with Gasteiger partial charge in [-0.25, -0.2) is 0 Å². The van der Waals surface area contributed by atoms with Crippen molar-refractivity contribution in [3.63, 3.8) is 0 Å². The summed E-state index contributed by atoms with van der Waals surface area (Å²) in [6.45, 7) is 9.37. The van der Waals surface area contributed by atoms with Crippen LogP contribution >= 0.6 is 0 Å². The maximum Gasteiger partial charge on any atom is 0.0271 e. The van der Waals surface area contributed by atoms with E-state index in [1.54, 1.807) is 0 Å². The van der Waals surface area contributed by atoms with E-state index in [9.17, 15) is 0 Å². The van der Waals surface area contributed by atoms with E-state index in [1.165, 1.54) is 44.5 Å². The van der Waals surface area contributed by atoms with Crippen LogP contribution in [0.4, 0.5) is 0 Å². The molecule has 0 spiro atoms. The predicted octanol–water partition coefficient (Wildman–Crippen LogP) is 2.68. The molecule has 1 aromatic rings. The van der Waals surface area contributed by atoms with Crippen LogP contribution in [0.1, 0.15) is 38.7 Å². The van der Waals surface area contributed by atoms with Crippen molar-refractivity contribution in [3.05, 3.63) is 30.1 Å². The van der Waals surface area contributed by atoms with Crippen molar-refractivity contribution >= 4 is 0 Å². The summed E-state index contributed by atoms with van der Waals surface area (Å²) in [5, 5.41) is 3.68. The van der Waals surface area contributed by atoms with Crippen molar-refractivity contribution in [2.24, 2.45) is 5.92 Å². The van der Waals surface area contributed by atoms with Crippen LogP contribution in [0.2, 0.25) is 0 Å². The Morgan fingerprint density at radius 3 is 2.95 bits per heavy atom. The van der Waals surface area contributed by atoms with Gasteiger partial charge in [-0.05, 0) is 62.9 Å². The molecule has 0 amide bonds. The Bertz CT molecular complexity index is 350. The molecule has 2 heterocycles. The molecule has 0 aromatic carbocycles. The quantitative estimate of drug-likeness (QED) is 0.853. The lowest BCUT2D eigenvalue weighted by atomic mass is 9.91. The van der Waals surface area contributed by atoms with Gasteiger partial charge in [0.15, 0.2) is 0 Å². The molecular formula is C16H27N3. The van der Waals surface area contributed by atoms with Gasteiger partial charge in [0.05, 0.1) is 0 Å². The van der Waals surface area contributed by atoms with Crippen LogP contribution in [0, 0.1) is 5.92 Å². The smallest absolute Gasteiger partial charge is 0.0271 e. The molecule has 106 valence electrons. The van der Waals surface area contributed by atoms with Crippen molar-refractivity contribution in [3.8, 4) is 0 Å². The number of likely N-dealkylation sites (tertiary alicyclic amines) is 1. The largest absolute Gasteiger partial charge is 0.310 e. The van der Waals surface area contributed by atoms with Gasteiger partial charge in [0.2, 0.25) is 0 Å². The Balaban J connectivity index is 1.77. The van der Waals surface area contributed by atoms with Crippen molar-refractivity contribution in [1.29, 1.82) is 0 Å². The highest BCUT2D eigenvalue weighted by atomic mass is 15.1. The van der Waals surface area contributed by atoms with E-state index in [2.05, 4.69) is 41.2 Å². The van der Waals surface area contributed by atoms with Crippen LogP contribution in [0.5, 0.6) is 0 Å². The summed E-state index contributed by atoms with van der Waals surface area (Å²) < 4.78 is 0. The number of aromatic nitrogens is 1. The number of hydrogen-bond acceptors (Lipinski definition) is 3. The lowest BCUT2D eigenvalue weighted by Crippen LogP contribution is -2.44. The summed E-state index contributed by atoms with van der Waals surface area (Å²) >= 11 is 0. The average molecular weight is 261 g/mol. The normalized spacial score (nSPS) is 22.3. The van der Waals surface area contributed by atoms with Crippen LogP contribution in [0.15, 0.2) is 24.5 Å². The highest BCUT2D eigenvalue weighted by Crippen LogP contribution is 2.20. The van der Waals surface area contributed by atoms with Crippen molar-refractivity contribution in [2.75, 3.05) is 19.6 Å². The fourth-order valence-electron chi connectivity index (χ4n) is 2.96. The Kier molecular flexibility index (Phi) is 5.80. The van der Waals surface area contributed by atoms with Gasteiger partial charge < -0.3 is 10.2 Å². The third-order valence-electron chi connectivity index (χ3n) is 4.17. The summed E-state index contributed by atoms with van der Waals surface area (Å²) in [7, 11) is 0. The zero-order valence-corrected chi connectivity index (χ0v) is 12.3. The fourth-order valence-corrected chi connectivity index (χ4v) is 2.96. The van der Waals surface area contributed by atoms with E-state index in [1.807, 2.05) is 12.4 Å². The first-order valence-electron chi connectivity index (χ1n) is 7.64. The second-order valence-electron chi connectivity index (χ2n) is 5.73. The van der Waals surface area contributed by atoms with Gasteiger partial charge in [-0.15, -0.1) is 0 Å². The van der Waals surface area contributed by atoms with Crippen molar-refractivity contribution in [2.45, 2.75) is 45.7 Å². The second kappa shape index (κ2) is 7.61. The number of nitrogens with zero attached hydrogens (tertiary/aromatic N) is 2. The molecule has 3 nitrogen and oxygen atoms in total. The van der Waals surface area contributed by atoms with Gasteiger partial charge in [0.1, 0.15) is 0 Å². The highest BCUT2D eigenvalue weighted by Gasteiger charge is 2.23. The van der Waals surface area contributed by atoms with E-state index in [4.69, 9.17) is 0 Å². The van der Waals surface area contributed by atoms with E-state index in [0.29, 0.717) is 6.04 Å². The first-order valence-corrected chi connectivity index (χ1v) is 7.64. The van der Waals surface area contributed by atoms with Crippen LogP contribution in [-0.4, -0.2) is 35.6 Å². The molecule has 2 rings (SSSR count). The zero-order chi connectivity index (χ0) is 13.5. The average Bonchev–Trinajstić information content (AvgIpc) is 2.46. The SMILES string of the molecule is CCCN1CCCC(C(C)NCc2ccncc2)C1. The van der Waals surface area contributed by atoms with Gasteiger partial charge in [-0.2, -0.15) is 0 Å². The maximum absolute atomic E-state index is 4.06. The van der Waals surface area contributed by atoms with Crippen LogP contribution in [0.25, 0.3) is 0 Å². The Morgan fingerprint density at radius 2 is 2.21 bits per heavy atom. The van der Waals surface area contributed by atoms with Crippen LogP contribution < -0.4 is 5.32 Å². The Hall–Kier alpha value is -0.930. The number of rotatable bonds is 6. The third kappa shape index (κ3) is 4.59. The summed E-state index contributed by atoms with van der Waals surface area (Å²) in [5.41, 5.74) is 1.32. The van der Waals surface area contributed by atoms with Gasteiger partial charge in [0, 0.05) is 31.5 Å². The van der Waals surface area contributed by atoms with E-state index in [0.717, 1.165) is 12.5 Å². The summed E-state index contributed by atoms with van der Waals surface area (Å²) in [5.74, 6) is 0.794. The summed E-state index contributed by atoms with van der Waals surface area (Å²) in [4.78, 5) is 6.68. The first-order chi connectivity index (χ1) is 9.29. The molecule has 0 bridgehead atoms. The molecule has 1 aliphatic rings. The van der Waals surface area contributed by atoms with Gasteiger partial charge in [0.25, 0.3) is 0 Å². The van der Waals surface area contributed by atoms with Gasteiger partial charge in [-0.1, -0.05) is 6.92 Å². The molecule has 1 aliphatic heterocycles. The zero-order valence-electron chi connectivity index (χ0n) is 12.3. The summed E-state index contributed by atoms with van der Waals surface area (Å²) in [6, 6.07) is 4.77. The topological polar surface area (TPSA) is 28.2 Å². The number of hydrogen-bond donors (Lipinski definition) is 1. The standard InChI is InChI=1S/C16H27N3/c1-3-10-19-11-4-5-16(13-19)14(2)18-12-15-6-8-17-9-7-15/h6-9,14,16,18H,3-5,10-13H2,1-2H3. The minimum Gasteiger partial charge on any atom is -0.310 e. The lowest BCUT2D eigenvalue weighted by molar-refractivity contribution is 0.150. The van der Waals surface area contributed by atoms with Crippen LogP contribution in [0.3, 0.4) is 0 Å². The first kappa shape index (κ1) is 14.5. The molecule has 2 unspecified atom stereocenters. The van der Waals surface area contributed by atoms with E-state index in [-0.39, 0.29) is 0 Å². The second-order valence-corrected chi connectivity index (χ2v) is 5.73. The number of nitrogens with one attached hydrogen (secondary N) is 1. The molecule has 19 heavy (non-hydrogen) atoms. The molecule has 0 radical (unpaired) electrons. The van der Waals surface area contributed by atoms with Gasteiger partial charge >= 0.3 is 0 Å². The molecule has 3 heteroatoms. The highest BCUT2D eigenvalue weighted by molar-refractivity contribution is 5.09. The predicted molar refractivity (Wildman–Crippen MR) is 80.0 cm³/mol.